The van der Waals surface area contributed by atoms with Crippen molar-refractivity contribution in [2.24, 2.45) is 9.98 Å². The molecule has 2 aromatic heterocycles. The Morgan fingerprint density at radius 1 is 0.692 bits per heavy atom. The Hall–Kier alpha value is -0.826. The maximum Gasteiger partial charge on any atom is 0.0904 e. The third-order valence-corrected chi connectivity index (χ3v) is 13.2. The van der Waals surface area contributed by atoms with Gasteiger partial charge in [-0.1, -0.05) is 51.4 Å². The summed E-state index contributed by atoms with van der Waals surface area (Å²) in [7, 11) is -2.35. The van der Waals surface area contributed by atoms with Gasteiger partial charge in [-0.25, -0.2) is 0 Å². The van der Waals surface area contributed by atoms with Crippen molar-refractivity contribution >= 4 is 60.3 Å². The van der Waals surface area contributed by atoms with E-state index in [1.165, 1.54) is 9.75 Å². The highest BCUT2D eigenvalue weighted by molar-refractivity contribution is 7.28. The summed E-state index contributed by atoms with van der Waals surface area (Å²) in [5.41, 5.74) is 0. The van der Waals surface area contributed by atoms with Gasteiger partial charge in [-0.2, -0.15) is 0 Å². The number of aliphatic imine (C=N–C) groups is 2. The monoisotopic (exact) mass is 420 g/mol. The van der Waals surface area contributed by atoms with Crippen molar-refractivity contribution in [2.75, 3.05) is 13.1 Å². The first kappa shape index (κ1) is 21.5. The van der Waals surface area contributed by atoms with E-state index in [0.29, 0.717) is 0 Å². The molecule has 0 radical (unpaired) electrons. The van der Waals surface area contributed by atoms with Crippen molar-refractivity contribution < 1.29 is 0 Å². The first-order chi connectivity index (χ1) is 12.2. The molecule has 0 atom stereocenters. The smallest absolute Gasteiger partial charge is 0.0904 e. The van der Waals surface area contributed by atoms with Gasteiger partial charge in [0.25, 0.3) is 0 Å². The van der Waals surface area contributed by atoms with Crippen LogP contribution in [-0.2, 0) is 0 Å². The highest BCUT2D eigenvalue weighted by atomic mass is 32.1. The molecule has 0 bridgehead atoms. The number of unbranched alkanes of at least 4 members (excludes halogenated alkanes) is 1. The largest absolute Gasteiger partial charge is 0.292 e. The van der Waals surface area contributed by atoms with Crippen LogP contribution in [0.5, 0.6) is 0 Å². The number of rotatable bonds is 9. The van der Waals surface area contributed by atoms with Gasteiger partial charge in [-0.3, -0.25) is 9.98 Å². The van der Waals surface area contributed by atoms with Crippen LogP contribution in [0.2, 0.25) is 39.3 Å². The molecule has 0 aliphatic heterocycles. The first-order valence-corrected chi connectivity index (χ1v) is 18.0. The van der Waals surface area contributed by atoms with Crippen molar-refractivity contribution in [3.8, 4) is 0 Å². The second-order valence-electron chi connectivity index (χ2n) is 8.68. The van der Waals surface area contributed by atoms with E-state index in [0.717, 1.165) is 25.9 Å². The van der Waals surface area contributed by atoms with Crippen LogP contribution in [-0.4, -0.2) is 41.7 Å². The van der Waals surface area contributed by atoms with Crippen LogP contribution in [0.4, 0.5) is 0 Å². The van der Waals surface area contributed by atoms with Gasteiger partial charge in [-0.15, -0.1) is 22.7 Å². The average Bonchev–Trinajstić information content (AvgIpc) is 3.18. The maximum atomic E-state index is 4.58. The zero-order valence-electron chi connectivity index (χ0n) is 17.0. The molecule has 0 aliphatic carbocycles. The standard InChI is InChI=1S/C20H32N2S2Si2/c1-25(2,3)19-11-9-17(23-19)15-21-13-7-8-14-22-16-18-10-12-20(24-18)26(4,5)6/h9-12,15-16H,7-8,13-14H2,1-6H3. The van der Waals surface area contributed by atoms with Gasteiger partial charge < -0.3 is 0 Å². The third-order valence-electron chi connectivity index (χ3n) is 3.99. The van der Waals surface area contributed by atoms with Crippen molar-refractivity contribution in [1.29, 1.82) is 0 Å². The summed E-state index contributed by atoms with van der Waals surface area (Å²) in [4.78, 5) is 11.7. The predicted molar refractivity (Wildman–Crippen MR) is 129 cm³/mol. The Bertz CT molecular complexity index is 682. The maximum absolute atomic E-state index is 4.58. The lowest BCUT2D eigenvalue weighted by atomic mass is 10.3. The molecule has 0 aliphatic rings. The molecule has 0 fully saturated rings. The number of hydrogen-bond donors (Lipinski definition) is 0. The summed E-state index contributed by atoms with van der Waals surface area (Å²) in [6.45, 7) is 16.1. The number of nitrogens with zero attached hydrogens (tertiary/aromatic N) is 2. The highest BCUT2D eigenvalue weighted by Crippen LogP contribution is 2.12. The van der Waals surface area contributed by atoms with Gasteiger partial charge >= 0.3 is 0 Å². The van der Waals surface area contributed by atoms with Gasteiger partial charge in [0.05, 0.1) is 16.1 Å². The summed E-state index contributed by atoms with van der Waals surface area (Å²) in [6.07, 6.45) is 6.29. The molecular formula is C20H32N2S2Si2. The van der Waals surface area contributed by atoms with E-state index in [1.807, 2.05) is 35.1 Å². The Kier molecular flexibility index (Phi) is 7.76. The van der Waals surface area contributed by atoms with E-state index in [-0.39, 0.29) is 0 Å². The molecule has 142 valence electrons. The molecule has 0 aromatic carbocycles. The number of hydrogen-bond acceptors (Lipinski definition) is 4. The molecule has 0 amide bonds. The fourth-order valence-corrected chi connectivity index (χ4v) is 8.00. The molecule has 26 heavy (non-hydrogen) atoms. The van der Waals surface area contributed by atoms with Crippen LogP contribution in [0.3, 0.4) is 0 Å². The van der Waals surface area contributed by atoms with E-state index in [9.17, 15) is 0 Å². The minimum Gasteiger partial charge on any atom is -0.292 e. The van der Waals surface area contributed by atoms with Crippen molar-refractivity contribution in [1.82, 2.24) is 0 Å². The molecule has 2 aromatic rings. The van der Waals surface area contributed by atoms with E-state index in [4.69, 9.17) is 0 Å². The summed E-state index contributed by atoms with van der Waals surface area (Å²) in [5.74, 6) is 0. The molecular weight excluding hydrogens is 389 g/mol. The molecule has 0 N–H and O–H groups in total. The molecule has 2 rings (SSSR count). The van der Waals surface area contributed by atoms with Crippen molar-refractivity contribution in [2.45, 2.75) is 52.1 Å². The zero-order chi connectivity index (χ0) is 19.2. The van der Waals surface area contributed by atoms with Crippen LogP contribution in [0.25, 0.3) is 0 Å². The minimum absolute atomic E-state index is 0.897. The van der Waals surface area contributed by atoms with Gasteiger partial charge in [0.1, 0.15) is 0 Å². The van der Waals surface area contributed by atoms with Crippen molar-refractivity contribution in [3.05, 3.63) is 34.0 Å². The van der Waals surface area contributed by atoms with Gasteiger partial charge in [0, 0.05) is 35.3 Å². The molecule has 0 saturated carbocycles. The molecule has 6 heteroatoms. The Morgan fingerprint density at radius 2 is 1.08 bits per heavy atom. The quantitative estimate of drug-likeness (QED) is 0.302. The normalized spacial score (nSPS) is 13.3. The predicted octanol–water partition coefficient (Wildman–Crippen LogP) is 5.22. The third kappa shape index (κ3) is 7.06. The summed E-state index contributed by atoms with van der Waals surface area (Å²) >= 11 is 3.81. The molecule has 0 saturated heterocycles. The van der Waals surface area contributed by atoms with E-state index in [1.54, 1.807) is 9.00 Å². The fraction of sp³-hybridized carbons (Fsp3) is 0.500. The van der Waals surface area contributed by atoms with Crippen LogP contribution < -0.4 is 9.00 Å². The SMILES string of the molecule is C[Si](C)(C)c1ccc(C=NCCCCN=Cc2ccc([Si](C)(C)C)s2)s1. The summed E-state index contributed by atoms with van der Waals surface area (Å²) < 4.78 is 3.11. The van der Waals surface area contributed by atoms with Crippen LogP contribution in [0, 0.1) is 0 Å². The Balaban J connectivity index is 1.66. The second-order valence-corrected chi connectivity index (χ2v) is 21.7. The molecule has 2 heterocycles. The summed E-state index contributed by atoms with van der Waals surface area (Å²) in [6, 6.07) is 8.99. The van der Waals surface area contributed by atoms with Crippen LogP contribution in [0.1, 0.15) is 22.6 Å². The fourth-order valence-electron chi connectivity index (χ4n) is 2.37. The average molecular weight is 421 g/mol. The lowest BCUT2D eigenvalue weighted by Gasteiger charge is -2.11. The van der Waals surface area contributed by atoms with Crippen molar-refractivity contribution in [3.63, 3.8) is 0 Å². The molecule has 0 spiro atoms. The second kappa shape index (κ2) is 9.39. The van der Waals surface area contributed by atoms with Crippen LogP contribution in [0.15, 0.2) is 34.3 Å². The highest BCUT2D eigenvalue weighted by Gasteiger charge is 2.18. The zero-order valence-corrected chi connectivity index (χ0v) is 20.6. The Labute approximate surface area is 169 Å². The van der Waals surface area contributed by atoms with Gasteiger partial charge in [-0.05, 0) is 34.0 Å². The summed E-state index contributed by atoms with van der Waals surface area (Å²) in [5, 5.41) is 0. The molecule has 0 unspecified atom stereocenters. The van der Waals surface area contributed by atoms with E-state index < -0.39 is 16.1 Å². The van der Waals surface area contributed by atoms with Crippen LogP contribution >= 0.6 is 22.7 Å². The van der Waals surface area contributed by atoms with E-state index in [2.05, 4.69) is 73.5 Å². The lowest BCUT2D eigenvalue weighted by Crippen LogP contribution is -2.34. The number of thiophene rings is 2. The minimum atomic E-state index is -1.18. The van der Waals surface area contributed by atoms with Gasteiger partial charge in [0.15, 0.2) is 0 Å². The topological polar surface area (TPSA) is 24.7 Å². The molecule has 2 nitrogen and oxygen atoms in total. The van der Waals surface area contributed by atoms with Gasteiger partial charge in [0.2, 0.25) is 0 Å². The lowest BCUT2D eigenvalue weighted by molar-refractivity contribution is 0.760. The first-order valence-electron chi connectivity index (χ1n) is 9.36. The van der Waals surface area contributed by atoms with E-state index >= 15 is 0 Å². The Morgan fingerprint density at radius 3 is 1.38 bits per heavy atom.